The Morgan fingerprint density at radius 2 is 1.89 bits per heavy atom. The monoisotopic (exact) mass is 385 g/mol. The third-order valence-corrected chi connectivity index (χ3v) is 5.50. The molecule has 0 fully saturated rings. The molecule has 0 spiro atoms. The maximum absolute atomic E-state index is 9.66. The standard InChI is InChI=1S/C23H23N3OSi/c1-28(2,3)12-11-17-9-10-21-19(13-17)23(18-7-5-4-6-8-18)24-14-22-20(15-27)25-16-26(21)22/h4-10,13,16,27H,14-15H2,1-3H3. The zero-order valence-corrected chi connectivity index (χ0v) is 17.4. The van der Waals surface area contributed by atoms with Gasteiger partial charge in [0.05, 0.1) is 42.3 Å². The van der Waals surface area contributed by atoms with Crippen LogP contribution in [0.15, 0.2) is 59.9 Å². The van der Waals surface area contributed by atoms with Gasteiger partial charge >= 0.3 is 0 Å². The molecule has 1 aromatic heterocycles. The molecule has 5 heteroatoms. The number of nitrogens with zero attached hydrogens (tertiary/aromatic N) is 3. The maximum Gasteiger partial charge on any atom is 0.129 e. The second kappa shape index (κ2) is 7.23. The molecule has 4 nitrogen and oxygen atoms in total. The van der Waals surface area contributed by atoms with Crippen LogP contribution in [0.25, 0.3) is 5.69 Å². The number of fused-ring (bicyclic) bond motifs is 3. The zero-order chi connectivity index (χ0) is 19.7. The van der Waals surface area contributed by atoms with Crippen molar-refractivity contribution in [3.63, 3.8) is 0 Å². The summed E-state index contributed by atoms with van der Waals surface area (Å²) in [6.45, 7) is 7.12. The molecule has 0 bridgehead atoms. The third-order valence-electron chi connectivity index (χ3n) is 4.63. The normalized spacial score (nSPS) is 12.9. The van der Waals surface area contributed by atoms with Crippen LogP contribution < -0.4 is 0 Å². The van der Waals surface area contributed by atoms with Gasteiger partial charge in [0.15, 0.2) is 0 Å². The lowest BCUT2D eigenvalue weighted by molar-refractivity contribution is 0.276. The first-order valence-corrected chi connectivity index (χ1v) is 12.9. The van der Waals surface area contributed by atoms with E-state index in [-0.39, 0.29) is 6.61 Å². The van der Waals surface area contributed by atoms with Crippen LogP contribution in [0.4, 0.5) is 0 Å². The average Bonchev–Trinajstić information content (AvgIpc) is 3.02. The highest BCUT2D eigenvalue weighted by Gasteiger charge is 2.21. The summed E-state index contributed by atoms with van der Waals surface area (Å²) in [5, 5.41) is 9.66. The number of hydrogen-bond donors (Lipinski definition) is 1. The fourth-order valence-electron chi connectivity index (χ4n) is 3.27. The maximum atomic E-state index is 9.66. The molecule has 4 rings (SSSR count). The summed E-state index contributed by atoms with van der Waals surface area (Å²) in [7, 11) is -1.46. The van der Waals surface area contributed by atoms with Crippen molar-refractivity contribution in [2.45, 2.75) is 32.8 Å². The van der Waals surface area contributed by atoms with E-state index >= 15 is 0 Å². The number of imidazole rings is 1. The molecule has 140 valence electrons. The van der Waals surface area contributed by atoms with Crippen LogP contribution in [-0.2, 0) is 13.2 Å². The molecule has 2 heterocycles. The van der Waals surface area contributed by atoms with Gasteiger partial charge in [-0.1, -0.05) is 55.9 Å². The minimum atomic E-state index is -1.46. The lowest BCUT2D eigenvalue weighted by Crippen LogP contribution is -2.16. The summed E-state index contributed by atoms with van der Waals surface area (Å²) < 4.78 is 2.04. The lowest BCUT2D eigenvalue weighted by atomic mass is 9.98. The molecule has 0 aliphatic carbocycles. The van der Waals surface area contributed by atoms with Gasteiger partial charge in [-0.3, -0.25) is 4.99 Å². The minimum absolute atomic E-state index is 0.0897. The van der Waals surface area contributed by atoms with Crippen molar-refractivity contribution in [2.75, 3.05) is 0 Å². The molecular weight excluding hydrogens is 362 g/mol. The van der Waals surface area contributed by atoms with Crippen LogP contribution in [0, 0.1) is 11.5 Å². The summed E-state index contributed by atoms with van der Waals surface area (Å²) >= 11 is 0. The second-order valence-corrected chi connectivity index (χ2v) is 12.7. The van der Waals surface area contributed by atoms with E-state index in [1.54, 1.807) is 6.33 Å². The third kappa shape index (κ3) is 3.57. The summed E-state index contributed by atoms with van der Waals surface area (Å²) in [5.41, 5.74) is 10.1. The Morgan fingerprint density at radius 1 is 1.11 bits per heavy atom. The largest absolute Gasteiger partial charge is 0.390 e. The second-order valence-electron chi connectivity index (χ2n) is 7.93. The van der Waals surface area contributed by atoms with E-state index in [4.69, 9.17) is 4.99 Å². The van der Waals surface area contributed by atoms with Gasteiger partial charge in [-0.05, 0) is 18.2 Å². The summed E-state index contributed by atoms with van der Waals surface area (Å²) in [6.07, 6.45) is 1.77. The van der Waals surface area contributed by atoms with Gasteiger partial charge in [0.25, 0.3) is 0 Å². The van der Waals surface area contributed by atoms with Crippen LogP contribution in [-0.4, -0.2) is 28.4 Å². The first-order chi connectivity index (χ1) is 13.5. The first kappa shape index (κ1) is 18.4. The quantitative estimate of drug-likeness (QED) is 0.536. The minimum Gasteiger partial charge on any atom is -0.390 e. The predicted octanol–water partition coefficient (Wildman–Crippen LogP) is 3.94. The molecule has 3 aromatic rings. The molecule has 2 aromatic carbocycles. The molecule has 0 atom stereocenters. The van der Waals surface area contributed by atoms with E-state index in [1.165, 1.54) is 0 Å². The highest BCUT2D eigenvalue weighted by atomic mass is 28.3. The van der Waals surface area contributed by atoms with Crippen molar-refractivity contribution in [1.82, 2.24) is 9.55 Å². The Morgan fingerprint density at radius 3 is 2.61 bits per heavy atom. The first-order valence-electron chi connectivity index (χ1n) is 9.40. The molecule has 0 unspecified atom stereocenters. The predicted molar refractivity (Wildman–Crippen MR) is 115 cm³/mol. The lowest BCUT2D eigenvalue weighted by Gasteiger charge is -2.12. The summed E-state index contributed by atoms with van der Waals surface area (Å²) in [6, 6.07) is 16.5. The number of aromatic nitrogens is 2. The number of hydrogen-bond acceptors (Lipinski definition) is 3. The number of aliphatic hydroxyl groups excluding tert-OH is 1. The van der Waals surface area contributed by atoms with E-state index in [0.29, 0.717) is 12.2 Å². The van der Waals surface area contributed by atoms with Crippen LogP contribution in [0.5, 0.6) is 0 Å². The van der Waals surface area contributed by atoms with Crippen molar-refractivity contribution >= 4 is 13.8 Å². The van der Waals surface area contributed by atoms with Crippen molar-refractivity contribution in [2.24, 2.45) is 4.99 Å². The van der Waals surface area contributed by atoms with Gasteiger partial charge in [0, 0.05) is 16.7 Å². The number of rotatable bonds is 2. The van der Waals surface area contributed by atoms with E-state index in [1.807, 2.05) is 22.8 Å². The van der Waals surface area contributed by atoms with Crippen LogP contribution in [0.3, 0.4) is 0 Å². The van der Waals surface area contributed by atoms with E-state index in [2.05, 4.69) is 66.4 Å². The van der Waals surface area contributed by atoms with Crippen LogP contribution >= 0.6 is 0 Å². The van der Waals surface area contributed by atoms with Crippen molar-refractivity contribution in [3.8, 4) is 17.2 Å². The SMILES string of the molecule is C[Si](C)(C)C#Cc1ccc2c(c1)C(c1ccccc1)=NCc1c(CO)ncn1-2. The van der Waals surface area contributed by atoms with Gasteiger partial charge in [-0.2, -0.15) is 0 Å². The fourth-order valence-corrected chi connectivity index (χ4v) is 3.79. The van der Waals surface area contributed by atoms with E-state index < -0.39 is 8.07 Å². The van der Waals surface area contributed by atoms with Gasteiger partial charge in [0.2, 0.25) is 0 Å². The van der Waals surface area contributed by atoms with E-state index in [9.17, 15) is 5.11 Å². The van der Waals surface area contributed by atoms with Gasteiger partial charge in [0.1, 0.15) is 8.07 Å². The molecular formula is C23H23N3OSi. The molecule has 1 aliphatic rings. The molecule has 0 saturated heterocycles. The van der Waals surface area contributed by atoms with Crippen molar-refractivity contribution in [1.29, 1.82) is 0 Å². The highest BCUT2D eigenvalue weighted by molar-refractivity contribution is 6.83. The zero-order valence-electron chi connectivity index (χ0n) is 16.4. The van der Waals surface area contributed by atoms with Crippen molar-refractivity contribution < 1.29 is 5.11 Å². The number of benzene rings is 2. The Balaban J connectivity index is 1.93. The van der Waals surface area contributed by atoms with E-state index in [0.717, 1.165) is 33.8 Å². The van der Waals surface area contributed by atoms with Crippen molar-refractivity contribution in [3.05, 3.63) is 82.9 Å². The molecule has 0 saturated carbocycles. The molecule has 0 amide bonds. The molecule has 1 aliphatic heterocycles. The topological polar surface area (TPSA) is 50.4 Å². The Labute approximate surface area is 166 Å². The fraction of sp³-hybridized carbons (Fsp3) is 0.217. The Bertz CT molecular complexity index is 1110. The molecule has 0 radical (unpaired) electrons. The van der Waals surface area contributed by atoms with Gasteiger partial charge in [-0.25, -0.2) is 4.98 Å². The number of aliphatic imine (C=N–C) groups is 1. The smallest absolute Gasteiger partial charge is 0.129 e. The van der Waals surface area contributed by atoms with Gasteiger partial charge < -0.3 is 9.67 Å². The number of aliphatic hydroxyl groups is 1. The highest BCUT2D eigenvalue weighted by Crippen LogP contribution is 2.27. The molecule has 28 heavy (non-hydrogen) atoms. The Kier molecular flexibility index (Phi) is 4.76. The summed E-state index contributed by atoms with van der Waals surface area (Å²) in [4.78, 5) is 9.28. The van der Waals surface area contributed by atoms with Crippen LogP contribution in [0.2, 0.25) is 19.6 Å². The van der Waals surface area contributed by atoms with Crippen LogP contribution in [0.1, 0.15) is 28.1 Å². The Hall–Kier alpha value is -2.94. The summed E-state index contributed by atoms with van der Waals surface area (Å²) in [5.74, 6) is 3.36. The average molecular weight is 386 g/mol. The van der Waals surface area contributed by atoms with Gasteiger partial charge in [-0.15, -0.1) is 5.54 Å². The molecule has 1 N–H and O–H groups in total.